The molecule has 1 fully saturated rings. The zero-order valence-electron chi connectivity index (χ0n) is 7.72. The predicted molar refractivity (Wildman–Crippen MR) is 47.3 cm³/mol. The first-order chi connectivity index (χ1) is 4.95. The molecule has 1 N–H and O–H groups in total. The molecule has 0 amide bonds. The van der Waals surface area contributed by atoms with Gasteiger partial charge in [0.25, 0.3) is 0 Å². The van der Waals surface area contributed by atoms with E-state index in [9.17, 15) is 5.11 Å². The van der Waals surface area contributed by atoms with Gasteiger partial charge in [-0.05, 0) is 38.5 Å². The van der Waals surface area contributed by atoms with Crippen LogP contribution in [0, 0.1) is 11.8 Å². The molecule has 1 nitrogen and oxygen atoms in total. The number of hydrogen-bond acceptors (Lipinski definition) is 1. The zero-order chi connectivity index (χ0) is 8.65. The molecule has 0 aromatic heterocycles. The monoisotopic (exact) mass is 154 g/mol. The Morgan fingerprint density at radius 1 is 1.64 bits per heavy atom. The van der Waals surface area contributed by atoms with Crippen LogP contribution < -0.4 is 0 Å². The third-order valence-corrected chi connectivity index (χ3v) is 3.18. The van der Waals surface area contributed by atoms with Crippen molar-refractivity contribution in [3.8, 4) is 0 Å². The fourth-order valence-corrected chi connectivity index (χ4v) is 2.03. The van der Waals surface area contributed by atoms with Crippen LogP contribution in [-0.2, 0) is 0 Å². The van der Waals surface area contributed by atoms with Crippen LogP contribution in [0.5, 0.6) is 0 Å². The third-order valence-electron chi connectivity index (χ3n) is 3.18. The van der Waals surface area contributed by atoms with Crippen molar-refractivity contribution < 1.29 is 5.11 Å². The van der Waals surface area contributed by atoms with Gasteiger partial charge in [0.2, 0.25) is 0 Å². The SMILES string of the molecule is C=C(C)[C@H]1CC[C@@](C)(O)[C@H]1C. The van der Waals surface area contributed by atoms with Crippen LogP contribution in [0.2, 0.25) is 0 Å². The zero-order valence-corrected chi connectivity index (χ0v) is 7.72. The van der Waals surface area contributed by atoms with Gasteiger partial charge in [0, 0.05) is 0 Å². The van der Waals surface area contributed by atoms with Crippen molar-refractivity contribution in [2.75, 3.05) is 0 Å². The molecular weight excluding hydrogens is 136 g/mol. The molecule has 0 unspecified atom stereocenters. The van der Waals surface area contributed by atoms with E-state index in [-0.39, 0.29) is 0 Å². The summed E-state index contributed by atoms with van der Waals surface area (Å²) in [5, 5.41) is 9.84. The molecule has 1 saturated carbocycles. The summed E-state index contributed by atoms with van der Waals surface area (Å²) < 4.78 is 0. The Morgan fingerprint density at radius 3 is 2.36 bits per heavy atom. The first-order valence-electron chi connectivity index (χ1n) is 4.33. The van der Waals surface area contributed by atoms with E-state index in [2.05, 4.69) is 20.4 Å². The number of aliphatic hydroxyl groups is 1. The van der Waals surface area contributed by atoms with E-state index >= 15 is 0 Å². The second kappa shape index (κ2) is 2.63. The van der Waals surface area contributed by atoms with Crippen LogP contribution in [0.3, 0.4) is 0 Å². The van der Waals surface area contributed by atoms with Crippen molar-refractivity contribution >= 4 is 0 Å². The van der Waals surface area contributed by atoms with Crippen LogP contribution in [0.15, 0.2) is 12.2 Å². The molecule has 1 rings (SSSR count). The van der Waals surface area contributed by atoms with Gasteiger partial charge >= 0.3 is 0 Å². The van der Waals surface area contributed by atoms with Crippen LogP contribution in [0.1, 0.15) is 33.6 Å². The summed E-state index contributed by atoms with van der Waals surface area (Å²) in [6.07, 6.45) is 2.02. The quantitative estimate of drug-likeness (QED) is 0.575. The highest BCUT2D eigenvalue weighted by atomic mass is 16.3. The number of allylic oxidation sites excluding steroid dienone is 1. The van der Waals surface area contributed by atoms with E-state index in [1.165, 1.54) is 5.57 Å². The second-order valence-corrected chi connectivity index (χ2v) is 4.14. The van der Waals surface area contributed by atoms with E-state index in [1.54, 1.807) is 0 Å². The molecule has 1 aliphatic carbocycles. The first kappa shape index (κ1) is 8.79. The molecule has 0 aromatic rings. The number of hydrogen-bond donors (Lipinski definition) is 1. The van der Waals surface area contributed by atoms with E-state index in [0.29, 0.717) is 11.8 Å². The van der Waals surface area contributed by atoms with E-state index in [4.69, 9.17) is 0 Å². The molecule has 64 valence electrons. The molecule has 0 saturated heterocycles. The molecule has 0 aliphatic heterocycles. The van der Waals surface area contributed by atoms with Crippen molar-refractivity contribution in [2.45, 2.75) is 39.2 Å². The molecule has 1 aliphatic rings. The maximum Gasteiger partial charge on any atom is 0.0651 e. The molecule has 11 heavy (non-hydrogen) atoms. The molecule has 0 spiro atoms. The molecule has 0 aromatic carbocycles. The Hall–Kier alpha value is -0.300. The average molecular weight is 154 g/mol. The second-order valence-electron chi connectivity index (χ2n) is 4.14. The summed E-state index contributed by atoms with van der Waals surface area (Å²) in [5.41, 5.74) is 0.763. The van der Waals surface area contributed by atoms with Gasteiger partial charge in [0.1, 0.15) is 0 Å². The lowest BCUT2D eigenvalue weighted by Gasteiger charge is -2.25. The molecule has 3 atom stereocenters. The van der Waals surface area contributed by atoms with Gasteiger partial charge in [0.05, 0.1) is 5.60 Å². The summed E-state index contributed by atoms with van der Waals surface area (Å²) in [6.45, 7) is 10.0. The highest BCUT2D eigenvalue weighted by molar-refractivity contribution is 5.06. The summed E-state index contributed by atoms with van der Waals surface area (Å²) in [6, 6.07) is 0. The van der Waals surface area contributed by atoms with Gasteiger partial charge in [-0.15, -0.1) is 0 Å². The van der Waals surface area contributed by atoms with Gasteiger partial charge in [-0.25, -0.2) is 0 Å². The van der Waals surface area contributed by atoms with Gasteiger partial charge in [-0.2, -0.15) is 0 Å². The van der Waals surface area contributed by atoms with Gasteiger partial charge in [0.15, 0.2) is 0 Å². The van der Waals surface area contributed by atoms with Gasteiger partial charge < -0.3 is 5.11 Å². The van der Waals surface area contributed by atoms with Gasteiger partial charge in [-0.1, -0.05) is 19.1 Å². The third kappa shape index (κ3) is 1.48. The summed E-state index contributed by atoms with van der Waals surface area (Å²) >= 11 is 0. The van der Waals surface area contributed by atoms with Crippen molar-refractivity contribution in [1.82, 2.24) is 0 Å². The van der Waals surface area contributed by atoms with Crippen LogP contribution >= 0.6 is 0 Å². The van der Waals surface area contributed by atoms with Crippen LogP contribution in [-0.4, -0.2) is 10.7 Å². The minimum atomic E-state index is -0.455. The Bertz CT molecular complexity index is 170. The topological polar surface area (TPSA) is 20.2 Å². The van der Waals surface area contributed by atoms with Crippen LogP contribution in [0.25, 0.3) is 0 Å². The highest BCUT2D eigenvalue weighted by Crippen LogP contribution is 2.42. The molecule has 1 heteroatoms. The Labute approximate surface area is 69.1 Å². The van der Waals surface area contributed by atoms with E-state index in [1.807, 2.05) is 6.92 Å². The van der Waals surface area contributed by atoms with Crippen molar-refractivity contribution in [2.24, 2.45) is 11.8 Å². The Kier molecular flexibility index (Phi) is 2.10. The molecule has 0 radical (unpaired) electrons. The smallest absolute Gasteiger partial charge is 0.0651 e. The van der Waals surface area contributed by atoms with E-state index in [0.717, 1.165) is 12.8 Å². The summed E-state index contributed by atoms with van der Waals surface area (Å²) in [5.74, 6) is 0.907. The molecule has 0 bridgehead atoms. The fourth-order valence-electron chi connectivity index (χ4n) is 2.03. The maximum absolute atomic E-state index is 9.84. The molecular formula is C10H18O. The standard InChI is InChI=1S/C10H18O/c1-7(2)9-5-6-10(4,11)8(9)3/h8-9,11H,1,5-6H2,2-4H3/t8-,9+,10+/m0/s1. The van der Waals surface area contributed by atoms with Crippen molar-refractivity contribution in [3.63, 3.8) is 0 Å². The van der Waals surface area contributed by atoms with Crippen molar-refractivity contribution in [1.29, 1.82) is 0 Å². The van der Waals surface area contributed by atoms with Crippen LogP contribution in [0.4, 0.5) is 0 Å². The Balaban J connectivity index is 2.71. The normalized spacial score (nSPS) is 44.4. The lowest BCUT2D eigenvalue weighted by atomic mass is 9.86. The average Bonchev–Trinajstić information content (AvgIpc) is 2.09. The minimum absolute atomic E-state index is 0.375. The lowest BCUT2D eigenvalue weighted by molar-refractivity contribution is 0.0217. The van der Waals surface area contributed by atoms with E-state index < -0.39 is 5.60 Å². The summed E-state index contributed by atoms with van der Waals surface area (Å²) in [4.78, 5) is 0. The predicted octanol–water partition coefficient (Wildman–Crippen LogP) is 2.36. The fraction of sp³-hybridized carbons (Fsp3) is 0.800. The largest absolute Gasteiger partial charge is 0.390 e. The summed E-state index contributed by atoms with van der Waals surface area (Å²) in [7, 11) is 0. The van der Waals surface area contributed by atoms with Gasteiger partial charge in [-0.3, -0.25) is 0 Å². The highest BCUT2D eigenvalue weighted by Gasteiger charge is 2.40. The maximum atomic E-state index is 9.84. The minimum Gasteiger partial charge on any atom is -0.390 e. The first-order valence-corrected chi connectivity index (χ1v) is 4.33. The lowest BCUT2D eigenvalue weighted by Crippen LogP contribution is -2.29. The number of rotatable bonds is 1. The Morgan fingerprint density at radius 2 is 2.18 bits per heavy atom. The van der Waals surface area contributed by atoms with Crippen molar-refractivity contribution in [3.05, 3.63) is 12.2 Å². The molecule has 0 heterocycles.